The van der Waals surface area contributed by atoms with Crippen molar-refractivity contribution in [2.24, 2.45) is 0 Å². The lowest BCUT2D eigenvalue weighted by Gasteiger charge is -2.35. The predicted molar refractivity (Wildman–Crippen MR) is 76.0 cm³/mol. The average molecular weight is 333 g/mol. The van der Waals surface area contributed by atoms with Crippen molar-refractivity contribution in [3.05, 3.63) is 33.8 Å². The van der Waals surface area contributed by atoms with E-state index < -0.39 is 11.6 Å². The summed E-state index contributed by atoms with van der Waals surface area (Å²) in [5, 5.41) is 0. The quantitative estimate of drug-likeness (QED) is 0.784. The SMILES string of the molecule is CN1CCC(N(C)Cc2c(F)ccc(Br)c2F)CC1. The molecule has 2 rings (SSSR count). The summed E-state index contributed by atoms with van der Waals surface area (Å²) in [6.07, 6.45) is 2.09. The van der Waals surface area contributed by atoms with Crippen molar-refractivity contribution in [1.82, 2.24) is 9.80 Å². The first-order valence-electron chi connectivity index (χ1n) is 6.50. The van der Waals surface area contributed by atoms with Crippen LogP contribution in [0.1, 0.15) is 18.4 Å². The molecular formula is C14H19BrF2N2. The van der Waals surface area contributed by atoms with Crippen LogP contribution in [0.5, 0.6) is 0 Å². The smallest absolute Gasteiger partial charge is 0.144 e. The fraction of sp³-hybridized carbons (Fsp3) is 0.571. The summed E-state index contributed by atoms with van der Waals surface area (Å²) in [6.45, 7) is 2.39. The highest BCUT2D eigenvalue weighted by Gasteiger charge is 2.22. The van der Waals surface area contributed by atoms with Gasteiger partial charge in [-0.2, -0.15) is 0 Å². The van der Waals surface area contributed by atoms with Gasteiger partial charge in [0.25, 0.3) is 0 Å². The van der Waals surface area contributed by atoms with Crippen LogP contribution in [0.15, 0.2) is 16.6 Å². The molecule has 106 valence electrons. The first-order chi connectivity index (χ1) is 8.99. The number of hydrogen-bond donors (Lipinski definition) is 0. The maximum Gasteiger partial charge on any atom is 0.144 e. The van der Waals surface area contributed by atoms with Gasteiger partial charge in [0.15, 0.2) is 0 Å². The van der Waals surface area contributed by atoms with E-state index in [-0.39, 0.29) is 5.56 Å². The van der Waals surface area contributed by atoms with Crippen LogP contribution in [0.25, 0.3) is 0 Å². The Morgan fingerprint density at radius 1 is 1.32 bits per heavy atom. The summed E-state index contributed by atoms with van der Waals surface area (Å²) < 4.78 is 28.0. The number of hydrogen-bond acceptors (Lipinski definition) is 2. The number of likely N-dealkylation sites (tertiary alicyclic amines) is 1. The normalized spacial score (nSPS) is 18.2. The van der Waals surface area contributed by atoms with Gasteiger partial charge in [0, 0.05) is 18.2 Å². The van der Waals surface area contributed by atoms with E-state index >= 15 is 0 Å². The van der Waals surface area contributed by atoms with Crippen molar-refractivity contribution in [3.63, 3.8) is 0 Å². The molecule has 0 atom stereocenters. The van der Waals surface area contributed by atoms with Crippen molar-refractivity contribution < 1.29 is 8.78 Å². The van der Waals surface area contributed by atoms with Gasteiger partial charge in [0.05, 0.1) is 4.47 Å². The second-order valence-corrected chi connectivity index (χ2v) is 6.13. The first kappa shape index (κ1) is 14.9. The number of nitrogens with zero attached hydrogens (tertiary/aromatic N) is 2. The van der Waals surface area contributed by atoms with E-state index in [1.807, 2.05) is 7.05 Å². The molecule has 1 aromatic rings. The van der Waals surface area contributed by atoms with Crippen LogP contribution >= 0.6 is 15.9 Å². The molecule has 5 heteroatoms. The zero-order valence-electron chi connectivity index (χ0n) is 11.3. The topological polar surface area (TPSA) is 6.48 Å². The lowest BCUT2D eigenvalue weighted by Crippen LogP contribution is -2.41. The molecule has 0 aromatic heterocycles. The van der Waals surface area contributed by atoms with Crippen molar-refractivity contribution in [3.8, 4) is 0 Å². The molecule has 0 spiro atoms. The number of benzene rings is 1. The predicted octanol–water partition coefficient (Wildman–Crippen LogP) is 3.25. The standard InChI is InChI=1S/C14H19BrF2N2/c1-18-7-5-10(6-8-18)19(2)9-11-13(16)4-3-12(15)14(11)17/h3-4,10H,5-9H2,1-2H3. The Morgan fingerprint density at radius 2 is 1.95 bits per heavy atom. The van der Waals surface area contributed by atoms with Crippen molar-refractivity contribution in [2.45, 2.75) is 25.4 Å². The van der Waals surface area contributed by atoms with Crippen LogP contribution in [0.4, 0.5) is 8.78 Å². The molecule has 1 aliphatic heterocycles. The molecule has 1 aliphatic rings. The molecule has 0 N–H and O–H groups in total. The monoisotopic (exact) mass is 332 g/mol. The highest BCUT2D eigenvalue weighted by Crippen LogP contribution is 2.24. The molecule has 0 radical (unpaired) electrons. The van der Waals surface area contributed by atoms with E-state index in [4.69, 9.17) is 0 Å². The maximum absolute atomic E-state index is 13.9. The zero-order valence-corrected chi connectivity index (χ0v) is 12.9. The summed E-state index contributed by atoms with van der Waals surface area (Å²) in [5.41, 5.74) is 0.149. The van der Waals surface area contributed by atoms with Crippen LogP contribution < -0.4 is 0 Å². The third kappa shape index (κ3) is 3.52. The third-order valence-electron chi connectivity index (χ3n) is 3.86. The van der Waals surface area contributed by atoms with Crippen LogP contribution in [0.2, 0.25) is 0 Å². The molecule has 0 unspecified atom stereocenters. The van der Waals surface area contributed by atoms with Gasteiger partial charge in [0.1, 0.15) is 11.6 Å². The van der Waals surface area contributed by atoms with E-state index in [2.05, 4.69) is 32.8 Å². The molecule has 1 saturated heterocycles. The minimum absolute atomic E-state index is 0.149. The molecule has 0 aliphatic carbocycles. The second-order valence-electron chi connectivity index (χ2n) is 5.27. The highest BCUT2D eigenvalue weighted by molar-refractivity contribution is 9.10. The summed E-state index contributed by atoms with van der Waals surface area (Å²) >= 11 is 3.11. The summed E-state index contributed by atoms with van der Waals surface area (Å²) in [5.74, 6) is -0.958. The van der Waals surface area contributed by atoms with Crippen LogP contribution in [-0.4, -0.2) is 43.0 Å². The Bertz CT molecular complexity index is 445. The van der Waals surface area contributed by atoms with Crippen molar-refractivity contribution >= 4 is 15.9 Å². The Hall–Kier alpha value is -0.520. The Labute approximate surface area is 121 Å². The average Bonchev–Trinajstić information content (AvgIpc) is 2.40. The van der Waals surface area contributed by atoms with E-state index in [9.17, 15) is 8.78 Å². The lowest BCUT2D eigenvalue weighted by molar-refractivity contribution is 0.137. The number of halogens is 3. The van der Waals surface area contributed by atoms with Gasteiger partial charge in [0.2, 0.25) is 0 Å². The third-order valence-corrected chi connectivity index (χ3v) is 4.47. The van der Waals surface area contributed by atoms with Crippen LogP contribution in [0, 0.1) is 11.6 Å². The summed E-state index contributed by atoms with van der Waals surface area (Å²) in [4.78, 5) is 4.34. The van der Waals surface area contributed by atoms with E-state index in [1.165, 1.54) is 12.1 Å². The van der Waals surface area contributed by atoms with Gasteiger partial charge in [-0.1, -0.05) is 0 Å². The maximum atomic E-state index is 13.9. The van der Waals surface area contributed by atoms with E-state index in [1.54, 1.807) is 0 Å². The van der Waals surface area contributed by atoms with Crippen molar-refractivity contribution in [1.29, 1.82) is 0 Å². The second kappa shape index (κ2) is 6.29. The van der Waals surface area contributed by atoms with E-state index in [0.29, 0.717) is 17.1 Å². The van der Waals surface area contributed by atoms with Gasteiger partial charge < -0.3 is 4.90 Å². The Balaban J connectivity index is 2.07. The molecular weight excluding hydrogens is 314 g/mol. The molecule has 0 saturated carbocycles. The van der Waals surface area contributed by atoms with Gasteiger partial charge in [-0.3, -0.25) is 4.90 Å². The Kier molecular flexibility index (Phi) is 4.92. The molecule has 19 heavy (non-hydrogen) atoms. The minimum atomic E-state index is -0.486. The van der Waals surface area contributed by atoms with Crippen LogP contribution in [0.3, 0.4) is 0 Å². The van der Waals surface area contributed by atoms with Gasteiger partial charge in [-0.05, 0) is 68.1 Å². The van der Waals surface area contributed by atoms with Gasteiger partial charge >= 0.3 is 0 Å². The van der Waals surface area contributed by atoms with Gasteiger partial charge in [-0.15, -0.1) is 0 Å². The zero-order chi connectivity index (χ0) is 14.0. The molecule has 1 heterocycles. The fourth-order valence-corrected chi connectivity index (χ4v) is 2.90. The number of piperidine rings is 1. The van der Waals surface area contributed by atoms with E-state index in [0.717, 1.165) is 25.9 Å². The highest BCUT2D eigenvalue weighted by atomic mass is 79.9. The first-order valence-corrected chi connectivity index (χ1v) is 7.29. The minimum Gasteiger partial charge on any atom is -0.306 e. The van der Waals surface area contributed by atoms with Crippen LogP contribution in [-0.2, 0) is 6.54 Å². The largest absolute Gasteiger partial charge is 0.306 e. The molecule has 0 bridgehead atoms. The fourth-order valence-electron chi connectivity index (χ4n) is 2.53. The molecule has 0 amide bonds. The molecule has 1 fully saturated rings. The molecule has 2 nitrogen and oxygen atoms in total. The van der Waals surface area contributed by atoms with Crippen molar-refractivity contribution in [2.75, 3.05) is 27.2 Å². The molecule has 1 aromatic carbocycles. The Morgan fingerprint density at radius 3 is 2.58 bits per heavy atom. The summed E-state index contributed by atoms with van der Waals surface area (Å²) in [7, 11) is 4.04. The lowest BCUT2D eigenvalue weighted by atomic mass is 10.0. The van der Waals surface area contributed by atoms with Gasteiger partial charge in [-0.25, -0.2) is 8.78 Å². The summed E-state index contributed by atoms with van der Waals surface area (Å²) in [6, 6.07) is 3.11. The number of rotatable bonds is 3.